The lowest BCUT2D eigenvalue weighted by Crippen LogP contribution is -2.46. The van der Waals surface area contributed by atoms with Crippen molar-refractivity contribution in [2.24, 2.45) is 5.10 Å². The molecule has 2 aromatic rings. The number of hydrazine groups is 1. The van der Waals surface area contributed by atoms with Gasteiger partial charge in [-0.2, -0.15) is 5.10 Å². The summed E-state index contributed by atoms with van der Waals surface area (Å²) < 4.78 is 0. The zero-order valence-corrected chi connectivity index (χ0v) is 19.6. The van der Waals surface area contributed by atoms with Crippen molar-refractivity contribution < 1.29 is 9.90 Å². The Balaban J connectivity index is 1.91. The van der Waals surface area contributed by atoms with Gasteiger partial charge < -0.3 is 5.11 Å². The monoisotopic (exact) mass is 482 g/mol. The quantitative estimate of drug-likeness (QED) is 0.406. The van der Waals surface area contributed by atoms with Gasteiger partial charge in [0.1, 0.15) is 12.1 Å². The van der Waals surface area contributed by atoms with E-state index in [9.17, 15) is 9.90 Å². The molecule has 1 aliphatic rings. The van der Waals surface area contributed by atoms with Crippen LogP contribution in [-0.2, 0) is 4.79 Å². The first-order valence-electron chi connectivity index (χ1n) is 10.1. The highest BCUT2D eigenvalue weighted by Gasteiger charge is 2.42. The maximum atomic E-state index is 12.9. The summed E-state index contributed by atoms with van der Waals surface area (Å²) in [4.78, 5) is 12.9. The summed E-state index contributed by atoms with van der Waals surface area (Å²) in [6.07, 6.45) is 1.96. The Morgan fingerprint density at radius 1 is 1.13 bits per heavy atom. The van der Waals surface area contributed by atoms with Gasteiger partial charge in [0, 0.05) is 23.6 Å². The molecule has 0 aromatic heterocycles. The number of carbonyl (C=O) groups is 1. The van der Waals surface area contributed by atoms with E-state index in [0.29, 0.717) is 27.3 Å². The molecule has 6 nitrogen and oxygen atoms in total. The van der Waals surface area contributed by atoms with E-state index in [1.165, 1.54) is 0 Å². The molecule has 9 heteroatoms. The molecule has 0 spiro atoms. The van der Waals surface area contributed by atoms with Crippen LogP contribution in [0.25, 0.3) is 0 Å². The van der Waals surface area contributed by atoms with E-state index >= 15 is 0 Å². The topological polar surface area (TPSA) is 68.2 Å². The number of hydrogen-bond donors (Lipinski definition) is 2. The summed E-state index contributed by atoms with van der Waals surface area (Å²) in [5, 5.41) is 20.2. The molecule has 0 radical (unpaired) electrons. The number of amides is 1. The molecule has 0 saturated carbocycles. The maximum absolute atomic E-state index is 12.9. The van der Waals surface area contributed by atoms with Gasteiger partial charge in [0.05, 0.1) is 10.7 Å². The van der Waals surface area contributed by atoms with Gasteiger partial charge >= 0.3 is 0 Å². The molecule has 1 amide bonds. The van der Waals surface area contributed by atoms with Crippen LogP contribution in [0, 0.1) is 0 Å². The highest BCUT2D eigenvalue weighted by atomic mass is 35.5. The number of anilines is 1. The Morgan fingerprint density at radius 2 is 1.81 bits per heavy atom. The second kappa shape index (κ2) is 10.7. The number of carbonyl (C=O) groups excluding carboxylic acids is 1. The summed E-state index contributed by atoms with van der Waals surface area (Å²) in [5.74, 6) is -0.460. The normalized spacial score (nSPS) is 18.4. The van der Waals surface area contributed by atoms with E-state index in [1.807, 2.05) is 0 Å². The molecule has 2 atom stereocenters. The third kappa shape index (κ3) is 5.70. The number of hydrogen-bond acceptors (Lipinski definition) is 5. The number of nitrogens with one attached hydrogen (secondary N) is 1. The lowest BCUT2D eigenvalue weighted by molar-refractivity contribution is -0.119. The van der Waals surface area contributed by atoms with Crippen LogP contribution < -0.4 is 10.4 Å². The minimum Gasteiger partial charge on any atom is -0.384 e. The SMILES string of the molecule is CCCCCN(C)NC(=O)C1=NN(c2ccc(Cl)cc2Cl)C(c2ccc(Cl)cc2)C1O. The Bertz CT molecular complexity index is 952. The van der Waals surface area contributed by atoms with E-state index in [-0.39, 0.29) is 5.71 Å². The fraction of sp³-hybridized carbons (Fsp3) is 0.364. The van der Waals surface area contributed by atoms with Crippen molar-refractivity contribution in [1.82, 2.24) is 10.4 Å². The molecule has 2 aromatic carbocycles. The number of aliphatic hydroxyl groups is 1. The molecular weight excluding hydrogens is 459 g/mol. The molecule has 31 heavy (non-hydrogen) atoms. The largest absolute Gasteiger partial charge is 0.384 e. The van der Waals surface area contributed by atoms with Crippen molar-refractivity contribution >= 4 is 52.1 Å². The highest BCUT2D eigenvalue weighted by Crippen LogP contribution is 2.40. The minimum atomic E-state index is -1.17. The smallest absolute Gasteiger partial charge is 0.284 e. The van der Waals surface area contributed by atoms with Crippen LogP contribution in [0.4, 0.5) is 5.69 Å². The summed E-state index contributed by atoms with van der Waals surface area (Å²) in [6, 6.07) is 11.4. The average molecular weight is 484 g/mol. The van der Waals surface area contributed by atoms with Crippen molar-refractivity contribution in [3.8, 4) is 0 Å². The number of unbranched alkanes of at least 4 members (excludes halogenated alkanes) is 2. The third-order valence-electron chi connectivity index (χ3n) is 5.05. The van der Waals surface area contributed by atoms with Gasteiger partial charge in [-0.25, -0.2) is 5.01 Å². The van der Waals surface area contributed by atoms with Crippen LogP contribution in [0.3, 0.4) is 0 Å². The molecule has 0 saturated heterocycles. The zero-order valence-electron chi connectivity index (χ0n) is 17.4. The Morgan fingerprint density at radius 3 is 2.45 bits per heavy atom. The van der Waals surface area contributed by atoms with E-state index in [4.69, 9.17) is 34.8 Å². The van der Waals surface area contributed by atoms with Crippen LogP contribution >= 0.6 is 34.8 Å². The molecule has 166 valence electrons. The van der Waals surface area contributed by atoms with Crippen LogP contribution in [0.2, 0.25) is 15.1 Å². The maximum Gasteiger partial charge on any atom is 0.284 e. The summed E-state index contributed by atoms with van der Waals surface area (Å²) in [6.45, 7) is 2.83. The summed E-state index contributed by atoms with van der Waals surface area (Å²) >= 11 is 18.5. The lowest BCUT2D eigenvalue weighted by atomic mass is 9.98. The summed E-state index contributed by atoms with van der Waals surface area (Å²) in [7, 11) is 1.79. The van der Waals surface area contributed by atoms with Crippen molar-refractivity contribution in [2.45, 2.75) is 38.3 Å². The Kier molecular flexibility index (Phi) is 8.19. The fourth-order valence-electron chi connectivity index (χ4n) is 3.44. The second-order valence-electron chi connectivity index (χ2n) is 7.44. The molecular formula is C22H25Cl3N4O2. The van der Waals surface area contributed by atoms with Gasteiger partial charge in [0.15, 0.2) is 5.71 Å². The third-order valence-corrected chi connectivity index (χ3v) is 5.84. The van der Waals surface area contributed by atoms with Crippen LogP contribution in [0.5, 0.6) is 0 Å². The second-order valence-corrected chi connectivity index (χ2v) is 8.72. The minimum absolute atomic E-state index is 0.00769. The number of rotatable bonds is 8. The Hall–Kier alpha value is -1.83. The predicted octanol–water partition coefficient (Wildman–Crippen LogP) is 5.08. The van der Waals surface area contributed by atoms with Gasteiger partial charge in [-0.1, -0.05) is 66.7 Å². The van der Waals surface area contributed by atoms with E-state index in [1.54, 1.807) is 59.5 Å². The van der Waals surface area contributed by atoms with Crippen molar-refractivity contribution in [3.05, 3.63) is 63.1 Å². The van der Waals surface area contributed by atoms with Crippen molar-refractivity contribution in [1.29, 1.82) is 0 Å². The molecule has 3 rings (SSSR count). The molecule has 0 fully saturated rings. The standard InChI is InChI=1S/C22H25Cl3N4O2/c1-3-4-5-12-28(2)27-22(31)19-21(30)20(14-6-8-15(23)9-7-14)29(26-19)18-11-10-16(24)13-17(18)25/h6-11,13,20-21,30H,3-5,12H2,1-2H3,(H,27,31). The van der Waals surface area contributed by atoms with Gasteiger partial charge in [0.25, 0.3) is 5.91 Å². The number of hydrazone groups is 1. The molecule has 1 heterocycles. The van der Waals surface area contributed by atoms with Crippen molar-refractivity contribution in [2.75, 3.05) is 18.6 Å². The number of aliphatic hydroxyl groups excluding tert-OH is 1. The van der Waals surface area contributed by atoms with Crippen LogP contribution in [-0.4, -0.2) is 41.4 Å². The van der Waals surface area contributed by atoms with Gasteiger partial charge in [0.2, 0.25) is 0 Å². The molecule has 0 aliphatic carbocycles. The zero-order chi connectivity index (χ0) is 22.5. The van der Waals surface area contributed by atoms with Gasteiger partial charge in [-0.05, 0) is 42.3 Å². The van der Waals surface area contributed by atoms with E-state index < -0.39 is 18.1 Å². The molecule has 2 unspecified atom stereocenters. The fourth-order valence-corrected chi connectivity index (χ4v) is 4.06. The number of benzene rings is 2. The van der Waals surface area contributed by atoms with Crippen LogP contribution in [0.15, 0.2) is 47.6 Å². The predicted molar refractivity (Wildman–Crippen MR) is 127 cm³/mol. The molecule has 0 bridgehead atoms. The Labute approximate surface area is 197 Å². The van der Waals surface area contributed by atoms with Gasteiger partial charge in [-0.15, -0.1) is 0 Å². The van der Waals surface area contributed by atoms with E-state index in [0.717, 1.165) is 24.8 Å². The first-order valence-corrected chi connectivity index (χ1v) is 11.2. The number of halogens is 3. The molecule has 2 N–H and O–H groups in total. The number of nitrogens with zero attached hydrogens (tertiary/aromatic N) is 3. The lowest BCUT2D eigenvalue weighted by Gasteiger charge is -2.27. The average Bonchev–Trinajstić information content (AvgIpc) is 3.06. The summed E-state index contributed by atoms with van der Waals surface area (Å²) in [5.41, 5.74) is 4.07. The first kappa shape index (κ1) is 23.8. The van der Waals surface area contributed by atoms with E-state index in [2.05, 4.69) is 17.5 Å². The van der Waals surface area contributed by atoms with Crippen LogP contribution in [0.1, 0.15) is 37.8 Å². The van der Waals surface area contributed by atoms with Gasteiger partial charge in [-0.3, -0.25) is 15.2 Å². The first-order chi connectivity index (χ1) is 14.8. The highest BCUT2D eigenvalue weighted by molar-refractivity contribution is 6.41. The molecule has 1 aliphatic heterocycles. The van der Waals surface area contributed by atoms with Crippen molar-refractivity contribution in [3.63, 3.8) is 0 Å².